The Morgan fingerprint density at radius 1 is 0.756 bits per heavy atom. The summed E-state index contributed by atoms with van der Waals surface area (Å²) in [7, 11) is 0. The van der Waals surface area contributed by atoms with Gasteiger partial charge in [0.2, 0.25) is 5.91 Å². The first-order chi connectivity index (χ1) is 22.0. The zero-order chi connectivity index (χ0) is 31.2. The fraction of sp³-hybridized carbons (Fsp3) is 0.250. The van der Waals surface area contributed by atoms with Gasteiger partial charge in [-0.05, 0) is 29.8 Å². The number of nitrogens with zero attached hydrogens (tertiary/aromatic N) is 1. The van der Waals surface area contributed by atoms with E-state index < -0.39 is 54.7 Å². The van der Waals surface area contributed by atoms with Gasteiger partial charge in [0.1, 0.15) is 18.2 Å². The lowest BCUT2D eigenvalue weighted by Gasteiger charge is -2.50. The molecule has 2 aliphatic rings. The van der Waals surface area contributed by atoms with E-state index in [2.05, 4.69) is 0 Å². The molecule has 0 N–H and O–H groups in total. The third-order valence-electron chi connectivity index (χ3n) is 7.77. The minimum absolute atomic E-state index is 0.0915. The zero-order valence-electron chi connectivity index (χ0n) is 24.6. The van der Waals surface area contributed by atoms with Gasteiger partial charge in [-0.2, -0.15) is 0 Å². The average Bonchev–Trinajstić information content (AvgIpc) is 3.09. The first kappa shape index (κ1) is 30.4. The van der Waals surface area contributed by atoms with Gasteiger partial charge >= 0.3 is 5.97 Å². The van der Waals surface area contributed by atoms with Crippen LogP contribution in [0.25, 0.3) is 0 Å². The van der Waals surface area contributed by atoms with Gasteiger partial charge in [-0.25, -0.2) is 4.79 Å². The maximum Gasteiger partial charge on any atom is 0.338 e. The van der Waals surface area contributed by atoms with Crippen molar-refractivity contribution in [2.75, 3.05) is 6.61 Å². The third-order valence-corrected chi connectivity index (χ3v) is 7.77. The van der Waals surface area contributed by atoms with Gasteiger partial charge in [-0.3, -0.25) is 14.5 Å². The van der Waals surface area contributed by atoms with Crippen LogP contribution >= 0.6 is 0 Å². The van der Waals surface area contributed by atoms with Crippen molar-refractivity contribution in [2.45, 2.75) is 50.5 Å². The molecule has 0 spiro atoms. The van der Waals surface area contributed by atoms with Crippen molar-refractivity contribution >= 4 is 17.8 Å². The van der Waals surface area contributed by atoms with E-state index in [1.807, 2.05) is 60.7 Å². The number of hydrogen-bond donors (Lipinski definition) is 0. The molecule has 9 heteroatoms. The Labute approximate surface area is 261 Å². The van der Waals surface area contributed by atoms with Gasteiger partial charge in [0.05, 0.1) is 18.8 Å². The van der Waals surface area contributed by atoms with E-state index in [1.165, 1.54) is 6.92 Å². The maximum atomic E-state index is 14.0. The molecule has 0 aromatic heterocycles. The molecular formula is C36H33NO8. The number of rotatable bonds is 8. The number of ether oxygens (including phenoxy) is 5. The largest absolute Gasteiger partial charge is 0.453 e. The SMILES string of the molecule is CC(=O)N(C(=O)c1ccccc1)C1C(OCc2ccccc2)OC2COC(c3ccccc3)OC2C1OC(=O)c1ccccc1. The number of fused-ring (bicyclic) bond motifs is 1. The summed E-state index contributed by atoms with van der Waals surface area (Å²) in [4.78, 5) is 42.1. The minimum Gasteiger partial charge on any atom is -0.453 e. The van der Waals surface area contributed by atoms with Crippen LogP contribution < -0.4 is 0 Å². The summed E-state index contributed by atoms with van der Waals surface area (Å²) in [6, 6.07) is 34.5. The molecule has 0 bridgehead atoms. The van der Waals surface area contributed by atoms with Crippen molar-refractivity contribution in [3.05, 3.63) is 144 Å². The van der Waals surface area contributed by atoms with Crippen LogP contribution in [-0.2, 0) is 35.1 Å². The van der Waals surface area contributed by atoms with E-state index in [1.54, 1.807) is 60.7 Å². The van der Waals surface area contributed by atoms with E-state index >= 15 is 0 Å². The van der Waals surface area contributed by atoms with Crippen LogP contribution in [0.1, 0.15) is 45.1 Å². The highest BCUT2D eigenvalue weighted by molar-refractivity contribution is 6.04. The molecule has 2 fully saturated rings. The van der Waals surface area contributed by atoms with E-state index in [4.69, 9.17) is 23.7 Å². The molecule has 0 radical (unpaired) electrons. The summed E-state index contributed by atoms with van der Waals surface area (Å²) in [5.74, 6) is -1.80. The summed E-state index contributed by atoms with van der Waals surface area (Å²) in [6.07, 6.45) is -4.81. The Morgan fingerprint density at radius 2 is 1.33 bits per heavy atom. The molecule has 0 saturated carbocycles. The normalized spacial score (nSPS) is 24.2. The van der Waals surface area contributed by atoms with E-state index in [0.717, 1.165) is 16.0 Å². The van der Waals surface area contributed by atoms with Crippen molar-refractivity contribution < 1.29 is 38.1 Å². The molecular weight excluding hydrogens is 574 g/mol. The molecule has 9 nitrogen and oxygen atoms in total. The molecule has 2 aliphatic heterocycles. The van der Waals surface area contributed by atoms with Crippen molar-refractivity contribution in [2.24, 2.45) is 0 Å². The lowest BCUT2D eigenvalue weighted by molar-refractivity contribution is -0.350. The fourth-order valence-corrected chi connectivity index (χ4v) is 5.61. The van der Waals surface area contributed by atoms with Crippen molar-refractivity contribution in [3.8, 4) is 0 Å². The fourth-order valence-electron chi connectivity index (χ4n) is 5.61. The highest BCUT2D eigenvalue weighted by Crippen LogP contribution is 2.38. The summed E-state index contributed by atoms with van der Waals surface area (Å²) in [5, 5.41) is 0. The van der Waals surface area contributed by atoms with E-state index in [9.17, 15) is 14.4 Å². The lowest BCUT2D eigenvalue weighted by Crippen LogP contribution is -2.69. The molecule has 230 valence electrons. The van der Waals surface area contributed by atoms with Gasteiger partial charge < -0.3 is 23.7 Å². The molecule has 6 rings (SSSR count). The summed E-state index contributed by atoms with van der Waals surface area (Å²) in [5.41, 5.74) is 2.19. The predicted molar refractivity (Wildman–Crippen MR) is 163 cm³/mol. The molecule has 6 unspecified atom stereocenters. The molecule has 2 heterocycles. The van der Waals surface area contributed by atoms with Crippen LogP contribution in [-0.4, -0.2) is 59.9 Å². The standard InChI is InChI=1S/C36H33NO8/c1-24(38)37(33(39)26-16-8-3-9-17-26)30-32(44-34(40)27-18-10-4-11-19-27)31-29(23-42-35(45-31)28-20-12-5-13-21-28)43-36(30)41-22-25-14-6-2-7-15-25/h2-21,29-32,35-36H,22-23H2,1H3. The maximum absolute atomic E-state index is 14.0. The second-order valence-electron chi connectivity index (χ2n) is 10.8. The van der Waals surface area contributed by atoms with Crippen molar-refractivity contribution in [3.63, 3.8) is 0 Å². The van der Waals surface area contributed by atoms with Gasteiger partial charge in [0, 0.05) is 18.1 Å². The van der Waals surface area contributed by atoms with Crippen LogP contribution in [0.15, 0.2) is 121 Å². The number of amides is 2. The topological polar surface area (TPSA) is 101 Å². The van der Waals surface area contributed by atoms with E-state index in [0.29, 0.717) is 5.56 Å². The molecule has 0 aliphatic carbocycles. The lowest BCUT2D eigenvalue weighted by atomic mass is 9.93. The Balaban J connectivity index is 1.42. The Hall–Kier alpha value is -4.67. The number of imide groups is 1. The molecule has 4 aromatic carbocycles. The smallest absolute Gasteiger partial charge is 0.338 e. The van der Waals surface area contributed by atoms with Gasteiger partial charge in [-0.15, -0.1) is 0 Å². The Kier molecular flexibility index (Phi) is 9.42. The van der Waals surface area contributed by atoms with Crippen LogP contribution in [0.4, 0.5) is 0 Å². The molecule has 2 saturated heterocycles. The van der Waals surface area contributed by atoms with Crippen molar-refractivity contribution in [1.29, 1.82) is 0 Å². The summed E-state index contributed by atoms with van der Waals surface area (Å²) < 4.78 is 31.5. The summed E-state index contributed by atoms with van der Waals surface area (Å²) >= 11 is 0. The number of carbonyl (C=O) groups excluding carboxylic acids is 3. The summed E-state index contributed by atoms with van der Waals surface area (Å²) in [6.45, 7) is 1.49. The number of esters is 1. The van der Waals surface area contributed by atoms with E-state index in [-0.39, 0.29) is 18.8 Å². The monoisotopic (exact) mass is 607 g/mol. The van der Waals surface area contributed by atoms with Gasteiger partial charge in [-0.1, -0.05) is 97.1 Å². The van der Waals surface area contributed by atoms with Crippen molar-refractivity contribution in [1.82, 2.24) is 4.90 Å². The quantitative estimate of drug-likeness (QED) is 0.248. The predicted octanol–water partition coefficient (Wildman–Crippen LogP) is 5.33. The van der Waals surface area contributed by atoms with Crippen LogP contribution in [0.3, 0.4) is 0 Å². The number of carbonyl (C=O) groups is 3. The van der Waals surface area contributed by atoms with Crippen LogP contribution in [0.5, 0.6) is 0 Å². The second-order valence-corrected chi connectivity index (χ2v) is 10.8. The highest BCUT2D eigenvalue weighted by atomic mass is 16.8. The second kappa shape index (κ2) is 14.0. The zero-order valence-corrected chi connectivity index (χ0v) is 24.6. The molecule has 2 amide bonds. The van der Waals surface area contributed by atoms with Crippen LogP contribution in [0.2, 0.25) is 0 Å². The van der Waals surface area contributed by atoms with Gasteiger partial charge in [0.15, 0.2) is 18.7 Å². The number of benzene rings is 4. The minimum atomic E-state index is -1.21. The Morgan fingerprint density at radius 3 is 1.96 bits per heavy atom. The molecule has 45 heavy (non-hydrogen) atoms. The average molecular weight is 608 g/mol. The highest BCUT2D eigenvalue weighted by Gasteiger charge is 2.56. The Bertz CT molecular complexity index is 1580. The first-order valence-electron chi connectivity index (χ1n) is 14.8. The molecule has 4 aromatic rings. The van der Waals surface area contributed by atoms with Crippen LogP contribution in [0, 0.1) is 0 Å². The number of hydrogen-bond acceptors (Lipinski definition) is 8. The molecule has 6 atom stereocenters. The first-order valence-corrected chi connectivity index (χ1v) is 14.8. The van der Waals surface area contributed by atoms with Gasteiger partial charge in [0.25, 0.3) is 5.91 Å². The third kappa shape index (κ3) is 6.87.